The lowest BCUT2D eigenvalue weighted by Crippen LogP contribution is -2.27. The van der Waals surface area contributed by atoms with Gasteiger partial charge >= 0.3 is 5.97 Å². The fraction of sp³-hybridized carbons (Fsp3) is 0.529. The van der Waals surface area contributed by atoms with Crippen LogP contribution < -0.4 is 5.32 Å². The van der Waals surface area contributed by atoms with Crippen LogP contribution in [0.1, 0.15) is 55.8 Å². The molecule has 1 atom stereocenters. The van der Waals surface area contributed by atoms with E-state index in [4.69, 9.17) is 16.7 Å². The van der Waals surface area contributed by atoms with Crippen LogP contribution in [0.25, 0.3) is 0 Å². The van der Waals surface area contributed by atoms with Crippen LogP contribution in [0.3, 0.4) is 0 Å². The molecule has 1 fully saturated rings. The van der Waals surface area contributed by atoms with Crippen molar-refractivity contribution in [1.29, 1.82) is 0 Å². The molecule has 1 aliphatic rings. The molecule has 1 aromatic rings. The quantitative estimate of drug-likeness (QED) is 0.767. The zero-order valence-electron chi connectivity index (χ0n) is 13.2. The lowest BCUT2D eigenvalue weighted by Gasteiger charge is -2.25. The van der Waals surface area contributed by atoms with Crippen LogP contribution in [0.4, 0.5) is 5.69 Å². The predicted molar refractivity (Wildman–Crippen MR) is 95.6 cm³/mol. The van der Waals surface area contributed by atoms with Crippen molar-refractivity contribution in [2.24, 2.45) is 0 Å². The number of carboxylic acid groups (broad SMARTS) is 1. The van der Waals surface area contributed by atoms with Crippen molar-refractivity contribution in [2.45, 2.75) is 55.9 Å². The van der Waals surface area contributed by atoms with Gasteiger partial charge in [0.2, 0.25) is 5.91 Å². The van der Waals surface area contributed by atoms with E-state index in [9.17, 15) is 9.59 Å². The number of carboxylic acids is 1. The Hall–Kier alpha value is -1.20. The molecule has 0 bridgehead atoms. The Kier molecular flexibility index (Phi) is 6.78. The summed E-state index contributed by atoms with van der Waals surface area (Å²) in [4.78, 5) is 23.6. The van der Waals surface area contributed by atoms with Crippen molar-refractivity contribution in [2.75, 3.05) is 5.32 Å². The van der Waals surface area contributed by atoms with E-state index in [-0.39, 0.29) is 21.7 Å². The molecule has 4 nitrogen and oxygen atoms in total. The second-order valence-electron chi connectivity index (χ2n) is 5.78. The first kappa shape index (κ1) is 18.1. The summed E-state index contributed by atoms with van der Waals surface area (Å²) in [7, 11) is 0. The van der Waals surface area contributed by atoms with Crippen molar-refractivity contribution in [3.05, 3.63) is 28.8 Å². The van der Waals surface area contributed by atoms with E-state index >= 15 is 0 Å². The van der Waals surface area contributed by atoms with Crippen LogP contribution in [0, 0.1) is 0 Å². The molecule has 1 aliphatic carbocycles. The number of aromatic carboxylic acids is 1. The van der Waals surface area contributed by atoms with Crippen LogP contribution >= 0.6 is 23.4 Å². The SMILES string of the molecule is CCC(SC1CCCCC1)C(=O)Nc1ccc(Cl)c(C(=O)O)c1. The van der Waals surface area contributed by atoms with Gasteiger partial charge in [0.05, 0.1) is 15.8 Å². The molecule has 0 heterocycles. The van der Waals surface area contributed by atoms with E-state index in [0.717, 1.165) is 6.42 Å². The summed E-state index contributed by atoms with van der Waals surface area (Å²) in [6.07, 6.45) is 6.90. The van der Waals surface area contributed by atoms with Gasteiger partial charge in [0.1, 0.15) is 0 Å². The molecular formula is C17H22ClNO3S. The highest BCUT2D eigenvalue weighted by molar-refractivity contribution is 8.01. The van der Waals surface area contributed by atoms with Gasteiger partial charge in [-0.1, -0.05) is 37.8 Å². The maximum Gasteiger partial charge on any atom is 0.337 e. The number of carbonyl (C=O) groups is 2. The van der Waals surface area contributed by atoms with Crippen molar-refractivity contribution >= 4 is 40.9 Å². The molecule has 1 aromatic carbocycles. The summed E-state index contributed by atoms with van der Waals surface area (Å²) >= 11 is 7.60. The van der Waals surface area contributed by atoms with Crippen molar-refractivity contribution in [3.63, 3.8) is 0 Å². The first-order chi connectivity index (χ1) is 11.0. The fourth-order valence-corrected chi connectivity index (χ4v) is 4.41. The van der Waals surface area contributed by atoms with Gasteiger partial charge in [-0.2, -0.15) is 0 Å². The molecule has 126 valence electrons. The Labute approximate surface area is 146 Å². The number of amides is 1. The zero-order chi connectivity index (χ0) is 16.8. The molecule has 1 unspecified atom stereocenters. The summed E-state index contributed by atoms with van der Waals surface area (Å²) in [5.74, 6) is -1.17. The summed E-state index contributed by atoms with van der Waals surface area (Å²) < 4.78 is 0. The lowest BCUT2D eigenvalue weighted by molar-refractivity contribution is -0.115. The number of rotatable bonds is 6. The van der Waals surface area contributed by atoms with Crippen molar-refractivity contribution < 1.29 is 14.7 Å². The highest BCUT2D eigenvalue weighted by Gasteiger charge is 2.24. The first-order valence-electron chi connectivity index (χ1n) is 8.00. The summed E-state index contributed by atoms with van der Waals surface area (Å²) in [6, 6.07) is 4.53. The number of nitrogens with one attached hydrogen (secondary N) is 1. The molecule has 1 amide bonds. The summed E-state index contributed by atoms with van der Waals surface area (Å²) in [5.41, 5.74) is 0.469. The minimum absolute atomic E-state index is 0.00236. The highest BCUT2D eigenvalue weighted by Crippen LogP contribution is 2.33. The molecule has 0 radical (unpaired) electrons. The maximum absolute atomic E-state index is 12.5. The Morgan fingerprint density at radius 1 is 1.35 bits per heavy atom. The Bertz CT molecular complexity index is 573. The van der Waals surface area contributed by atoms with Gasteiger partial charge in [0.25, 0.3) is 0 Å². The van der Waals surface area contributed by atoms with Gasteiger partial charge in [0.15, 0.2) is 0 Å². The van der Waals surface area contributed by atoms with E-state index in [1.807, 2.05) is 6.92 Å². The lowest BCUT2D eigenvalue weighted by atomic mass is 10.0. The summed E-state index contributed by atoms with van der Waals surface area (Å²) in [6.45, 7) is 2.00. The van der Waals surface area contributed by atoms with Gasteiger partial charge in [-0.05, 0) is 37.5 Å². The highest BCUT2D eigenvalue weighted by atomic mass is 35.5. The van der Waals surface area contributed by atoms with Crippen LogP contribution in [-0.4, -0.2) is 27.5 Å². The Morgan fingerprint density at radius 3 is 2.65 bits per heavy atom. The number of hydrogen-bond acceptors (Lipinski definition) is 3. The average Bonchev–Trinajstić information content (AvgIpc) is 2.55. The molecule has 0 saturated heterocycles. The molecule has 0 aliphatic heterocycles. The van der Waals surface area contributed by atoms with Gasteiger partial charge < -0.3 is 10.4 Å². The predicted octanol–water partition coefficient (Wildman–Crippen LogP) is 4.82. The second-order valence-corrected chi connectivity index (χ2v) is 7.70. The Morgan fingerprint density at radius 2 is 2.04 bits per heavy atom. The normalized spacial score (nSPS) is 16.8. The monoisotopic (exact) mass is 355 g/mol. The van der Waals surface area contributed by atoms with Crippen LogP contribution in [0.5, 0.6) is 0 Å². The number of halogens is 1. The molecule has 0 spiro atoms. The van der Waals surface area contributed by atoms with E-state index in [2.05, 4.69) is 5.32 Å². The maximum atomic E-state index is 12.5. The number of benzene rings is 1. The van der Waals surface area contributed by atoms with E-state index in [1.165, 1.54) is 44.2 Å². The van der Waals surface area contributed by atoms with Crippen molar-refractivity contribution in [1.82, 2.24) is 0 Å². The number of thioether (sulfide) groups is 1. The van der Waals surface area contributed by atoms with Gasteiger partial charge in [-0.25, -0.2) is 4.79 Å². The van der Waals surface area contributed by atoms with Gasteiger partial charge in [0, 0.05) is 10.9 Å². The van der Waals surface area contributed by atoms with E-state index in [1.54, 1.807) is 17.8 Å². The van der Waals surface area contributed by atoms with E-state index < -0.39 is 5.97 Å². The smallest absolute Gasteiger partial charge is 0.337 e. The number of hydrogen-bond donors (Lipinski definition) is 2. The molecule has 0 aromatic heterocycles. The number of carbonyl (C=O) groups excluding carboxylic acids is 1. The van der Waals surface area contributed by atoms with Crippen LogP contribution in [0.2, 0.25) is 5.02 Å². The van der Waals surface area contributed by atoms with Crippen molar-refractivity contribution in [3.8, 4) is 0 Å². The topological polar surface area (TPSA) is 66.4 Å². The minimum atomic E-state index is -1.10. The molecule has 1 saturated carbocycles. The molecule has 6 heteroatoms. The third kappa shape index (κ3) is 5.15. The minimum Gasteiger partial charge on any atom is -0.478 e. The van der Waals surface area contributed by atoms with E-state index in [0.29, 0.717) is 10.9 Å². The molecule has 23 heavy (non-hydrogen) atoms. The standard InChI is InChI=1S/C17H22ClNO3S/c1-2-15(23-12-6-4-3-5-7-12)16(20)19-11-8-9-14(18)13(10-11)17(21)22/h8-10,12,15H,2-7H2,1H3,(H,19,20)(H,21,22). The average molecular weight is 356 g/mol. The molecular weight excluding hydrogens is 334 g/mol. The fourth-order valence-electron chi connectivity index (χ4n) is 2.77. The molecule has 2 rings (SSSR count). The first-order valence-corrected chi connectivity index (χ1v) is 9.32. The van der Waals surface area contributed by atoms with Gasteiger partial charge in [-0.3, -0.25) is 4.79 Å². The molecule has 2 N–H and O–H groups in total. The zero-order valence-corrected chi connectivity index (χ0v) is 14.8. The van der Waals surface area contributed by atoms with Gasteiger partial charge in [-0.15, -0.1) is 11.8 Å². The summed E-state index contributed by atoms with van der Waals surface area (Å²) in [5, 5.41) is 12.5. The largest absolute Gasteiger partial charge is 0.478 e. The van der Waals surface area contributed by atoms with Crippen LogP contribution in [0.15, 0.2) is 18.2 Å². The second kappa shape index (κ2) is 8.60. The Balaban J connectivity index is 2.01. The third-order valence-electron chi connectivity index (χ3n) is 4.04. The number of anilines is 1. The van der Waals surface area contributed by atoms with Crippen LogP contribution in [-0.2, 0) is 4.79 Å². The third-order valence-corrected chi connectivity index (χ3v) is 6.10.